The number of quaternary nitrogens is 1. The van der Waals surface area contributed by atoms with Crippen molar-refractivity contribution in [2.24, 2.45) is 52.3 Å². The highest BCUT2D eigenvalue weighted by Gasteiger charge is 2.63. The van der Waals surface area contributed by atoms with Crippen molar-refractivity contribution in [1.82, 2.24) is 0 Å². The summed E-state index contributed by atoms with van der Waals surface area (Å²) in [5.74, 6) is 6.22. The van der Waals surface area contributed by atoms with Crippen LogP contribution >= 0.6 is 0 Å². The Kier molecular flexibility index (Phi) is 4.20. The number of hydrogen-bond donors (Lipinski definition) is 1. The minimum atomic E-state index is -0.164. The molecule has 0 bridgehead atoms. The van der Waals surface area contributed by atoms with Crippen LogP contribution in [0.5, 0.6) is 0 Å². The summed E-state index contributed by atoms with van der Waals surface area (Å²) >= 11 is 0. The number of nitrogens with zero attached hydrogens (tertiary/aromatic N) is 1. The zero-order valence-corrected chi connectivity index (χ0v) is 16.5. The first-order chi connectivity index (χ1) is 11.9. The highest BCUT2D eigenvalue weighted by molar-refractivity contribution is 5.35. The Hall–Kier alpha value is -0.660. The van der Waals surface area contributed by atoms with Gasteiger partial charge in [-0.3, -0.25) is 0 Å². The Labute approximate surface area is 153 Å². The van der Waals surface area contributed by atoms with Crippen LogP contribution in [0.15, 0.2) is 4.99 Å². The molecular weight excluding hydrogens is 308 g/mol. The maximum atomic E-state index is 11.1. The third-order valence-electron chi connectivity index (χ3n) is 9.65. The molecule has 25 heavy (non-hydrogen) atoms. The molecule has 0 aromatic heterocycles. The molecule has 3 nitrogen and oxygen atoms in total. The van der Waals surface area contributed by atoms with Gasteiger partial charge in [-0.05, 0) is 87.9 Å². The van der Waals surface area contributed by atoms with Gasteiger partial charge in [-0.1, -0.05) is 13.8 Å². The lowest BCUT2D eigenvalue weighted by Gasteiger charge is -2.66. The molecule has 4 aliphatic rings. The van der Waals surface area contributed by atoms with Gasteiger partial charge >= 0.3 is 0 Å². The van der Waals surface area contributed by atoms with E-state index in [2.05, 4.69) is 45.1 Å². The van der Waals surface area contributed by atoms with E-state index in [-0.39, 0.29) is 11.1 Å². The second kappa shape index (κ2) is 5.92. The van der Waals surface area contributed by atoms with Gasteiger partial charge in [0, 0.05) is 11.8 Å². The van der Waals surface area contributed by atoms with Crippen molar-refractivity contribution < 1.29 is 10.1 Å². The Morgan fingerprint density at radius 1 is 1.08 bits per heavy atom. The Balaban J connectivity index is 1.77. The maximum Gasteiger partial charge on any atom is 0.235 e. The average Bonchev–Trinajstić information content (AvgIpc) is 2.58. The van der Waals surface area contributed by atoms with Gasteiger partial charge in [0.2, 0.25) is 6.08 Å². The molecule has 3 heteroatoms. The summed E-state index contributed by atoms with van der Waals surface area (Å²) in [6.45, 7) is 9.68. The lowest BCUT2D eigenvalue weighted by Crippen LogP contribution is -2.96. The molecule has 0 spiro atoms. The monoisotopic (exact) mass is 344 g/mol. The summed E-state index contributed by atoms with van der Waals surface area (Å²) in [6, 6.07) is 0. The van der Waals surface area contributed by atoms with E-state index in [0.717, 1.165) is 47.8 Å². The van der Waals surface area contributed by atoms with E-state index in [1.54, 1.807) is 0 Å². The summed E-state index contributed by atoms with van der Waals surface area (Å²) in [4.78, 5) is 15.5. The first-order valence-electron chi connectivity index (χ1n) is 10.6. The second-order valence-electron chi connectivity index (χ2n) is 10.4. The normalized spacial score (nSPS) is 57.3. The van der Waals surface area contributed by atoms with Crippen molar-refractivity contribution in [2.75, 3.05) is 0 Å². The zero-order chi connectivity index (χ0) is 18.0. The SMILES string of the molecule is [CH2-][NH2+]C1(C)C(C)CC2CC(C)C3CCC(C)(N=C=O)C4CCC1C2C34. The van der Waals surface area contributed by atoms with Gasteiger partial charge in [0.15, 0.2) is 0 Å². The van der Waals surface area contributed by atoms with Crippen LogP contribution in [-0.2, 0) is 4.79 Å². The predicted molar refractivity (Wildman–Crippen MR) is 99.2 cm³/mol. The van der Waals surface area contributed by atoms with E-state index in [0.29, 0.717) is 5.92 Å². The fraction of sp³-hybridized carbons (Fsp3) is 0.909. The molecule has 0 aliphatic heterocycles. The maximum absolute atomic E-state index is 11.1. The van der Waals surface area contributed by atoms with Crippen LogP contribution in [-0.4, -0.2) is 17.2 Å². The fourth-order valence-electron chi connectivity index (χ4n) is 8.19. The summed E-state index contributed by atoms with van der Waals surface area (Å²) in [6.07, 6.45) is 9.56. The molecule has 10 unspecified atom stereocenters. The Bertz CT molecular complexity index is 585. The third kappa shape index (κ3) is 2.34. The van der Waals surface area contributed by atoms with Crippen molar-refractivity contribution in [2.45, 2.75) is 77.3 Å². The minimum absolute atomic E-state index is 0.164. The molecule has 0 aromatic carbocycles. The van der Waals surface area contributed by atoms with Crippen molar-refractivity contribution >= 4 is 6.08 Å². The molecule has 0 radical (unpaired) electrons. The van der Waals surface area contributed by atoms with Gasteiger partial charge in [0.25, 0.3) is 0 Å². The number of carbonyl (C=O) groups excluding carboxylic acids is 1. The molecule has 2 N–H and O–H groups in total. The number of rotatable bonds is 2. The summed E-state index contributed by atoms with van der Waals surface area (Å²) in [5.41, 5.74) is 0.113. The van der Waals surface area contributed by atoms with Crippen LogP contribution < -0.4 is 5.32 Å². The van der Waals surface area contributed by atoms with Crippen LogP contribution in [0.25, 0.3) is 0 Å². The first kappa shape index (κ1) is 17.7. The topological polar surface area (TPSA) is 46.0 Å². The molecule has 0 amide bonds. The van der Waals surface area contributed by atoms with Crippen molar-refractivity contribution in [3.8, 4) is 0 Å². The molecule has 10 atom stereocenters. The summed E-state index contributed by atoms with van der Waals surface area (Å²) < 4.78 is 0. The van der Waals surface area contributed by atoms with E-state index in [1.165, 1.54) is 32.1 Å². The molecule has 4 rings (SSSR count). The van der Waals surface area contributed by atoms with Gasteiger partial charge in [0.1, 0.15) is 0 Å². The molecule has 4 saturated carbocycles. The summed E-state index contributed by atoms with van der Waals surface area (Å²) in [5, 5.41) is 2.29. The van der Waals surface area contributed by atoms with Crippen LogP contribution in [0.2, 0.25) is 0 Å². The average molecular weight is 345 g/mol. The molecule has 4 fully saturated rings. The number of hydrogen-bond acceptors (Lipinski definition) is 2. The smallest absolute Gasteiger partial charge is 0.235 e. The quantitative estimate of drug-likeness (QED) is 0.465. The van der Waals surface area contributed by atoms with Crippen molar-refractivity contribution in [3.05, 3.63) is 7.05 Å². The zero-order valence-electron chi connectivity index (χ0n) is 16.5. The van der Waals surface area contributed by atoms with E-state index in [9.17, 15) is 4.79 Å². The van der Waals surface area contributed by atoms with Crippen LogP contribution in [0, 0.1) is 54.4 Å². The van der Waals surface area contributed by atoms with Gasteiger partial charge < -0.3 is 5.32 Å². The summed E-state index contributed by atoms with van der Waals surface area (Å²) in [7, 11) is 4.27. The highest BCUT2D eigenvalue weighted by Crippen LogP contribution is 2.65. The fourth-order valence-corrected chi connectivity index (χ4v) is 8.19. The first-order valence-corrected chi connectivity index (χ1v) is 10.6. The van der Waals surface area contributed by atoms with E-state index >= 15 is 0 Å². The van der Waals surface area contributed by atoms with Gasteiger partial charge in [-0.2, -0.15) is 12.0 Å². The number of aliphatic imine (C=N–C) groups is 1. The molecular formula is C22H36N2O. The van der Waals surface area contributed by atoms with Crippen LogP contribution in [0.3, 0.4) is 0 Å². The minimum Gasteiger partial charge on any atom is -0.474 e. The van der Waals surface area contributed by atoms with E-state index in [1.807, 2.05) is 6.08 Å². The number of nitrogens with two attached hydrogens (primary N) is 1. The molecule has 0 heterocycles. The lowest BCUT2D eigenvalue weighted by molar-refractivity contribution is -0.696. The van der Waals surface area contributed by atoms with Gasteiger partial charge in [-0.15, -0.1) is 0 Å². The molecule has 0 aromatic rings. The predicted octanol–water partition coefficient (Wildman–Crippen LogP) is 3.56. The van der Waals surface area contributed by atoms with Crippen molar-refractivity contribution in [1.29, 1.82) is 0 Å². The van der Waals surface area contributed by atoms with Gasteiger partial charge in [-0.25, -0.2) is 4.79 Å². The third-order valence-corrected chi connectivity index (χ3v) is 9.65. The van der Waals surface area contributed by atoms with E-state index in [4.69, 9.17) is 0 Å². The Morgan fingerprint density at radius 2 is 1.80 bits per heavy atom. The van der Waals surface area contributed by atoms with Gasteiger partial charge in [0.05, 0.1) is 11.1 Å². The van der Waals surface area contributed by atoms with Crippen LogP contribution in [0.1, 0.15) is 66.2 Å². The molecule has 0 saturated heterocycles. The highest BCUT2D eigenvalue weighted by atomic mass is 16.1. The molecule has 4 aliphatic carbocycles. The standard InChI is InChI=1S/C22H36N2O/c1-13-10-15-11-14(2)22(4,23-5)18-7-6-17-20(19(15)18)16(13)8-9-21(17,3)24-12-25/h13-20H,5-11,23H2,1-4H3. The van der Waals surface area contributed by atoms with E-state index < -0.39 is 0 Å². The molecule has 140 valence electrons. The van der Waals surface area contributed by atoms with Crippen molar-refractivity contribution in [3.63, 3.8) is 0 Å². The lowest BCUT2D eigenvalue weighted by atomic mass is 9.40. The van der Waals surface area contributed by atoms with Crippen LogP contribution in [0.4, 0.5) is 0 Å². The second-order valence-corrected chi connectivity index (χ2v) is 10.4. The largest absolute Gasteiger partial charge is 0.474 e. The Morgan fingerprint density at radius 3 is 2.48 bits per heavy atom. The number of isocyanates is 1.